The number of carbonyl (C=O) groups excluding carboxylic acids is 3. The predicted octanol–water partition coefficient (Wildman–Crippen LogP) is 1.54. The number of amides is 2. The summed E-state index contributed by atoms with van der Waals surface area (Å²) in [4.78, 5) is 50.6. The highest BCUT2D eigenvalue weighted by Crippen LogP contribution is 2.55. The van der Waals surface area contributed by atoms with Gasteiger partial charge >= 0.3 is 5.97 Å². The van der Waals surface area contributed by atoms with Crippen LogP contribution in [-0.4, -0.2) is 55.3 Å². The van der Waals surface area contributed by atoms with Gasteiger partial charge in [-0.15, -0.1) is 11.8 Å². The summed E-state index contributed by atoms with van der Waals surface area (Å²) in [6.07, 6.45) is 0. The number of carboxylic acid groups (broad SMARTS) is 1. The lowest BCUT2D eigenvalue weighted by atomic mass is 9.81. The zero-order chi connectivity index (χ0) is 19.4. The average Bonchev–Trinajstić information content (AvgIpc) is 2.81. The molecule has 138 valence electrons. The number of β-lactam (4-membered cyclic amide) rings is 1. The average molecular weight is 397 g/mol. The molecule has 0 aromatic heterocycles. The topological polar surface area (TPSA) is 104 Å². The Kier molecular flexibility index (Phi) is 4.31. The molecule has 2 aliphatic heterocycles. The van der Waals surface area contributed by atoms with E-state index in [0.29, 0.717) is 5.02 Å². The number of carbonyl (C=O) groups is 4. The van der Waals surface area contributed by atoms with Gasteiger partial charge in [0.2, 0.25) is 5.54 Å². The van der Waals surface area contributed by atoms with Crippen LogP contribution in [0.5, 0.6) is 0 Å². The Balaban J connectivity index is 1.94. The van der Waals surface area contributed by atoms with Gasteiger partial charge in [-0.05, 0) is 45.0 Å². The molecule has 0 aliphatic carbocycles. The molecule has 0 saturated carbocycles. The molecule has 2 aliphatic rings. The smallest absolute Gasteiger partial charge is 0.327 e. The maximum absolute atomic E-state index is 12.8. The molecule has 2 amide bonds. The van der Waals surface area contributed by atoms with Crippen LogP contribution in [0.3, 0.4) is 0 Å². The van der Waals surface area contributed by atoms with Gasteiger partial charge in [0.25, 0.3) is 11.8 Å². The minimum Gasteiger partial charge on any atom is -0.480 e. The maximum atomic E-state index is 12.8. The fourth-order valence-corrected chi connectivity index (χ4v) is 5.32. The first-order valence-corrected chi connectivity index (χ1v) is 9.10. The van der Waals surface area contributed by atoms with Gasteiger partial charge in [-0.25, -0.2) is 4.79 Å². The third kappa shape index (κ3) is 2.51. The number of thioether (sulfide) groups is 1. The van der Waals surface area contributed by atoms with Crippen molar-refractivity contribution >= 4 is 46.9 Å². The number of aliphatic carboxylic acids is 1. The standard InChI is InChI=1S/C17H17ClN2O5S/c1-8(21)17(19-12(22)9-4-6-10(18)7-5-9)14(25)20-11(13(23)24)16(2,3)26-15(17)20/h4-7,11,15H,1-3H3,(H,19,22)(H,23,24)/t11-,15+,17-/m0/s1. The van der Waals surface area contributed by atoms with E-state index in [1.54, 1.807) is 13.8 Å². The maximum Gasteiger partial charge on any atom is 0.327 e. The number of benzene rings is 1. The van der Waals surface area contributed by atoms with Gasteiger partial charge in [-0.1, -0.05) is 11.6 Å². The molecule has 0 radical (unpaired) electrons. The van der Waals surface area contributed by atoms with Crippen LogP contribution in [0.1, 0.15) is 31.1 Å². The van der Waals surface area contributed by atoms with Gasteiger partial charge in [0.15, 0.2) is 5.78 Å². The lowest BCUT2D eigenvalue weighted by molar-refractivity contribution is -0.170. The van der Waals surface area contributed by atoms with E-state index in [0.717, 1.165) is 0 Å². The van der Waals surface area contributed by atoms with Crippen molar-refractivity contribution in [3.05, 3.63) is 34.9 Å². The van der Waals surface area contributed by atoms with Crippen LogP contribution in [0.2, 0.25) is 5.02 Å². The molecule has 2 fully saturated rings. The zero-order valence-corrected chi connectivity index (χ0v) is 15.9. The molecule has 26 heavy (non-hydrogen) atoms. The van der Waals surface area contributed by atoms with Gasteiger partial charge in [-0.2, -0.15) is 0 Å². The van der Waals surface area contributed by atoms with E-state index >= 15 is 0 Å². The lowest BCUT2D eigenvalue weighted by Crippen LogP contribution is -2.82. The van der Waals surface area contributed by atoms with Crippen molar-refractivity contribution in [2.24, 2.45) is 0 Å². The third-order valence-electron chi connectivity index (χ3n) is 4.75. The fraction of sp³-hybridized carbons (Fsp3) is 0.412. The van der Waals surface area contributed by atoms with Crippen LogP contribution in [0.25, 0.3) is 0 Å². The first kappa shape index (κ1) is 18.7. The van der Waals surface area contributed by atoms with Crippen molar-refractivity contribution in [2.75, 3.05) is 0 Å². The number of halogens is 1. The number of carboxylic acids is 1. The zero-order valence-electron chi connectivity index (χ0n) is 14.3. The molecule has 1 aromatic rings. The Hall–Kier alpha value is -2.06. The van der Waals surface area contributed by atoms with Crippen LogP contribution < -0.4 is 5.32 Å². The van der Waals surface area contributed by atoms with E-state index < -0.39 is 45.3 Å². The summed E-state index contributed by atoms with van der Waals surface area (Å²) in [6.45, 7) is 4.63. The summed E-state index contributed by atoms with van der Waals surface area (Å²) in [5.74, 6) is -2.95. The van der Waals surface area contributed by atoms with Crippen molar-refractivity contribution in [3.63, 3.8) is 0 Å². The van der Waals surface area contributed by atoms with Gasteiger partial charge < -0.3 is 15.3 Å². The normalized spacial score (nSPS) is 28.9. The SMILES string of the molecule is CC(=O)[C@]1(NC(=O)c2ccc(Cl)cc2)C(=O)N2[C@@H](C(=O)O)C(C)(C)S[C@@H]21. The number of rotatable bonds is 4. The number of hydrogen-bond acceptors (Lipinski definition) is 5. The van der Waals surface area contributed by atoms with Crippen LogP contribution in [0.15, 0.2) is 24.3 Å². The molecule has 3 rings (SSSR count). The molecular formula is C17H17ClN2O5S. The first-order chi connectivity index (χ1) is 12.0. The molecule has 9 heteroatoms. The van der Waals surface area contributed by atoms with E-state index in [2.05, 4.69) is 5.32 Å². The minimum absolute atomic E-state index is 0.248. The Morgan fingerprint density at radius 3 is 2.31 bits per heavy atom. The molecule has 2 heterocycles. The second kappa shape index (κ2) is 5.99. The van der Waals surface area contributed by atoms with E-state index in [9.17, 15) is 24.3 Å². The number of nitrogens with one attached hydrogen (secondary N) is 1. The van der Waals surface area contributed by atoms with Crippen molar-refractivity contribution in [1.82, 2.24) is 10.2 Å². The number of Topliss-reactive ketones (excluding diaryl/α,β-unsaturated/α-hetero) is 1. The quantitative estimate of drug-likeness (QED) is 0.591. The van der Waals surface area contributed by atoms with Gasteiger partial charge in [0.1, 0.15) is 11.4 Å². The van der Waals surface area contributed by atoms with Crippen molar-refractivity contribution in [1.29, 1.82) is 0 Å². The van der Waals surface area contributed by atoms with E-state index in [1.165, 1.54) is 47.9 Å². The highest BCUT2D eigenvalue weighted by atomic mass is 35.5. The van der Waals surface area contributed by atoms with Crippen molar-refractivity contribution in [2.45, 2.75) is 42.5 Å². The second-order valence-corrected chi connectivity index (χ2v) is 9.02. The van der Waals surface area contributed by atoms with Gasteiger partial charge in [0.05, 0.1) is 0 Å². The van der Waals surface area contributed by atoms with Crippen molar-refractivity contribution in [3.8, 4) is 0 Å². The number of hydrogen-bond donors (Lipinski definition) is 2. The van der Waals surface area contributed by atoms with Crippen LogP contribution in [0, 0.1) is 0 Å². The second-order valence-electron chi connectivity index (χ2n) is 6.85. The van der Waals surface area contributed by atoms with Gasteiger partial charge in [0, 0.05) is 15.3 Å². The lowest BCUT2D eigenvalue weighted by Gasteiger charge is -2.51. The predicted molar refractivity (Wildman–Crippen MR) is 96.1 cm³/mol. The highest BCUT2D eigenvalue weighted by Gasteiger charge is 2.74. The highest BCUT2D eigenvalue weighted by molar-refractivity contribution is 8.01. The van der Waals surface area contributed by atoms with Crippen LogP contribution in [0.4, 0.5) is 0 Å². The first-order valence-electron chi connectivity index (χ1n) is 7.85. The van der Waals surface area contributed by atoms with Crippen LogP contribution in [-0.2, 0) is 14.4 Å². The summed E-state index contributed by atoms with van der Waals surface area (Å²) in [6, 6.07) is 4.96. The summed E-state index contributed by atoms with van der Waals surface area (Å²) >= 11 is 7.01. The number of ketones is 1. The molecule has 0 spiro atoms. The summed E-state index contributed by atoms with van der Waals surface area (Å²) in [5, 5.41) is 11.7. The Morgan fingerprint density at radius 1 is 1.23 bits per heavy atom. The largest absolute Gasteiger partial charge is 0.480 e. The Morgan fingerprint density at radius 2 is 1.81 bits per heavy atom. The van der Waals surface area contributed by atoms with E-state index in [-0.39, 0.29) is 5.56 Å². The minimum atomic E-state index is -1.76. The molecule has 3 atom stereocenters. The van der Waals surface area contributed by atoms with E-state index in [4.69, 9.17) is 11.6 Å². The third-order valence-corrected chi connectivity index (χ3v) is 6.64. The number of nitrogens with zero attached hydrogens (tertiary/aromatic N) is 1. The number of fused-ring (bicyclic) bond motifs is 1. The molecular weight excluding hydrogens is 380 g/mol. The molecule has 2 N–H and O–H groups in total. The molecule has 0 unspecified atom stereocenters. The van der Waals surface area contributed by atoms with Crippen LogP contribution >= 0.6 is 23.4 Å². The Bertz CT molecular complexity index is 825. The summed E-state index contributed by atoms with van der Waals surface area (Å²) in [7, 11) is 0. The molecule has 7 nitrogen and oxygen atoms in total. The Labute approximate surface area is 159 Å². The summed E-state index contributed by atoms with van der Waals surface area (Å²) < 4.78 is -0.797. The summed E-state index contributed by atoms with van der Waals surface area (Å²) in [5.41, 5.74) is -1.51. The van der Waals surface area contributed by atoms with Gasteiger partial charge in [-0.3, -0.25) is 14.4 Å². The fourth-order valence-electron chi connectivity index (χ4n) is 3.44. The van der Waals surface area contributed by atoms with Crippen molar-refractivity contribution < 1.29 is 24.3 Å². The monoisotopic (exact) mass is 396 g/mol. The molecule has 0 bridgehead atoms. The van der Waals surface area contributed by atoms with E-state index in [1.807, 2.05) is 0 Å². The molecule has 2 saturated heterocycles. The molecule has 1 aromatic carbocycles.